The zero-order chi connectivity index (χ0) is 21.3. The molecule has 4 aromatic rings. The number of hydrogen-bond acceptors (Lipinski definition) is 3. The first-order chi connectivity index (χ1) is 14.5. The number of carbonyl (C=O) groups is 1. The van der Waals surface area contributed by atoms with Crippen LogP contribution in [0.1, 0.15) is 30.1 Å². The van der Waals surface area contributed by atoms with E-state index in [9.17, 15) is 9.59 Å². The van der Waals surface area contributed by atoms with Gasteiger partial charge in [-0.3, -0.25) is 9.20 Å². The maximum Gasteiger partial charge on any atom is 0.335 e. The number of benzene rings is 2. The van der Waals surface area contributed by atoms with Gasteiger partial charge in [0.05, 0.1) is 17.0 Å². The van der Waals surface area contributed by atoms with Gasteiger partial charge in [0.15, 0.2) is 0 Å². The number of aryl methyl sites for hydroxylation is 1. The summed E-state index contributed by atoms with van der Waals surface area (Å²) in [6, 6.07) is 15.4. The van der Waals surface area contributed by atoms with E-state index in [1.807, 2.05) is 16.7 Å². The lowest BCUT2D eigenvalue weighted by Crippen LogP contribution is -2.14. The lowest BCUT2D eigenvalue weighted by molar-refractivity contribution is 0.0697. The number of hydrogen-bond donors (Lipinski definition) is 1. The van der Waals surface area contributed by atoms with Crippen LogP contribution < -0.4 is 5.56 Å². The third-order valence-corrected chi connectivity index (χ3v) is 5.27. The van der Waals surface area contributed by atoms with Crippen LogP contribution in [-0.4, -0.2) is 25.0 Å². The normalized spacial score (nSPS) is 11.1. The Balaban J connectivity index is 1.90. The van der Waals surface area contributed by atoms with Gasteiger partial charge in [-0.15, -0.1) is 0 Å². The molecule has 2 heterocycles. The standard InChI is InChI=1S/C23H20ClN3O3/c1-2-3-12-26-20(16-4-6-17(7-5-16)22(29)30)14-27-21(28)13-19(25-23(26)27)15-8-10-18(24)11-9-15/h4-11,13-14H,2-3,12H2,1H3,(H,29,30). The van der Waals surface area contributed by atoms with Crippen LogP contribution in [0, 0.1) is 0 Å². The monoisotopic (exact) mass is 421 g/mol. The molecule has 4 rings (SSSR count). The van der Waals surface area contributed by atoms with Crippen LogP contribution in [-0.2, 0) is 6.54 Å². The molecule has 1 N–H and O–H groups in total. The Morgan fingerprint density at radius 3 is 2.37 bits per heavy atom. The van der Waals surface area contributed by atoms with Crippen molar-refractivity contribution in [3.63, 3.8) is 0 Å². The number of aromatic nitrogens is 3. The number of aromatic carboxylic acids is 1. The summed E-state index contributed by atoms with van der Waals surface area (Å²) in [6.07, 6.45) is 3.68. The van der Waals surface area contributed by atoms with Crippen LogP contribution in [0.15, 0.2) is 65.6 Å². The summed E-state index contributed by atoms with van der Waals surface area (Å²) < 4.78 is 3.55. The van der Waals surface area contributed by atoms with Gasteiger partial charge < -0.3 is 9.67 Å². The summed E-state index contributed by atoms with van der Waals surface area (Å²) in [5.41, 5.74) is 3.08. The van der Waals surface area contributed by atoms with Crippen molar-refractivity contribution >= 4 is 23.3 Å². The van der Waals surface area contributed by atoms with E-state index in [4.69, 9.17) is 21.7 Å². The second kappa shape index (κ2) is 8.16. The van der Waals surface area contributed by atoms with Crippen LogP contribution in [0.2, 0.25) is 5.02 Å². The highest BCUT2D eigenvalue weighted by molar-refractivity contribution is 6.30. The van der Waals surface area contributed by atoms with E-state index in [0.717, 1.165) is 29.7 Å². The van der Waals surface area contributed by atoms with Crippen molar-refractivity contribution in [3.8, 4) is 22.5 Å². The average molecular weight is 422 g/mol. The summed E-state index contributed by atoms with van der Waals surface area (Å²) in [4.78, 5) is 28.8. The molecule has 0 aliphatic heterocycles. The number of imidazole rings is 1. The summed E-state index contributed by atoms with van der Waals surface area (Å²) in [5.74, 6) is -0.420. The number of fused-ring (bicyclic) bond motifs is 1. The molecule has 2 aromatic heterocycles. The van der Waals surface area contributed by atoms with Gasteiger partial charge in [-0.05, 0) is 36.2 Å². The van der Waals surface area contributed by atoms with Gasteiger partial charge in [0.2, 0.25) is 5.78 Å². The molecule has 0 aliphatic rings. The molecule has 152 valence electrons. The molecular formula is C23H20ClN3O3. The van der Waals surface area contributed by atoms with E-state index >= 15 is 0 Å². The highest BCUT2D eigenvalue weighted by Gasteiger charge is 2.15. The molecule has 0 saturated heterocycles. The quantitative estimate of drug-likeness (QED) is 0.476. The molecule has 0 bridgehead atoms. The van der Waals surface area contributed by atoms with Crippen LogP contribution in [0.3, 0.4) is 0 Å². The molecule has 0 aliphatic carbocycles. The molecule has 0 spiro atoms. The fourth-order valence-corrected chi connectivity index (χ4v) is 3.54. The molecular weight excluding hydrogens is 402 g/mol. The first-order valence-electron chi connectivity index (χ1n) is 9.70. The first kappa shape index (κ1) is 19.9. The third-order valence-electron chi connectivity index (χ3n) is 5.02. The topological polar surface area (TPSA) is 76.6 Å². The summed E-state index contributed by atoms with van der Waals surface area (Å²) >= 11 is 5.98. The smallest absolute Gasteiger partial charge is 0.335 e. The molecule has 2 aromatic carbocycles. The Kier molecular flexibility index (Phi) is 5.42. The van der Waals surface area contributed by atoms with Crippen molar-refractivity contribution in [2.75, 3.05) is 0 Å². The Morgan fingerprint density at radius 1 is 1.07 bits per heavy atom. The van der Waals surface area contributed by atoms with Gasteiger partial charge in [-0.1, -0.05) is 49.2 Å². The molecule has 6 nitrogen and oxygen atoms in total. The molecule has 0 saturated carbocycles. The molecule has 0 atom stereocenters. The van der Waals surface area contributed by atoms with E-state index in [0.29, 0.717) is 23.0 Å². The van der Waals surface area contributed by atoms with Crippen molar-refractivity contribution < 1.29 is 9.90 Å². The second-order valence-electron chi connectivity index (χ2n) is 7.06. The lowest BCUT2D eigenvalue weighted by Gasteiger charge is -2.10. The van der Waals surface area contributed by atoms with Crippen molar-refractivity contribution in [1.82, 2.24) is 14.0 Å². The Bertz CT molecular complexity index is 1270. The number of unbranched alkanes of at least 4 members (excludes halogenated alkanes) is 1. The summed E-state index contributed by atoms with van der Waals surface area (Å²) in [5, 5.41) is 9.78. The van der Waals surface area contributed by atoms with Crippen molar-refractivity contribution in [3.05, 3.63) is 81.7 Å². The fourth-order valence-electron chi connectivity index (χ4n) is 3.41. The van der Waals surface area contributed by atoms with Gasteiger partial charge in [0.1, 0.15) is 0 Å². The molecule has 0 amide bonds. The van der Waals surface area contributed by atoms with Crippen LogP contribution >= 0.6 is 11.6 Å². The van der Waals surface area contributed by atoms with E-state index in [-0.39, 0.29) is 11.1 Å². The van der Waals surface area contributed by atoms with Crippen LogP contribution in [0.5, 0.6) is 0 Å². The van der Waals surface area contributed by atoms with Gasteiger partial charge in [-0.2, -0.15) is 0 Å². The zero-order valence-electron chi connectivity index (χ0n) is 16.4. The average Bonchev–Trinajstić information content (AvgIpc) is 3.12. The molecule has 0 fully saturated rings. The number of rotatable bonds is 6. The Hall–Kier alpha value is -3.38. The summed E-state index contributed by atoms with van der Waals surface area (Å²) in [6.45, 7) is 2.80. The van der Waals surface area contributed by atoms with Gasteiger partial charge in [0.25, 0.3) is 5.56 Å². The predicted molar refractivity (Wildman–Crippen MR) is 117 cm³/mol. The van der Waals surface area contributed by atoms with Crippen LogP contribution in [0.25, 0.3) is 28.3 Å². The fraction of sp³-hybridized carbons (Fsp3) is 0.174. The van der Waals surface area contributed by atoms with Crippen molar-refractivity contribution in [2.24, 2.45) is 0 Å². The highest BCUT2D eigenvalue weighted by Crippen LogP contribution is 2.25. The van der Waals surface area contributed by atoms with Gasteiger partial charge in [-0.25, -0.2) is 9.78 Å². The molecule has 0 unspecified atom stereocenters. The number of carboxylic acid groups (broad SMARTS) is 1. The Labute approximate surface area is 178 Å². The first-order valence-corrected chi connectivity index (χ1v) is 10.1. The maximum atomic E-state index is 12.9. The van der Waals surface area contributed by atoms with Gasteiger partial charge in [0, 0.05) is 29.4 Å². The van der Waals surface area contributed by atoms with Crippen molar-refractivity contribution in [2.45, 2.75) is 26.3 Å². The Morgan fingerprint density at radius 2 is 1.73 bits per heavy atom. The minimum absolute atomic E-state index is 0.177. The number of carboxylic acids is 1. The molecule has 7 heteroatoms. The molecule has 0 radical (unpaired) electrons. The minimum atomic E-state index is -0.974. The van der Waals surface area contributed by atoms with E-state index in [2.05, 4.69) is 6.92 Å². The second-order valence-corrected chi connectivity index (χ2v) is 7.49. The van der Waals surface area contributed by atoms with E-state index in [1.54, 1.807) is 42.6 Å². The van der Waals surface area contributed by atoms with Crippen LogP contribution in [0.4, 0.5) is 0 Å². The summed E-state index contributed by atoms with van der Waals surface area (Å²) in [7, 11) is 0. The maximum absolute atomic E-state index is 12.9. The third kappa shape index (κ3) is 3.74. The zero-order valence-corrected chi connectivity index (χ0v) is 17.1. The SMILES string of the molecule is CCCCn1c(-c2ccc(C(=O)O)cc2)cn2c(=O)cc(-c3ccc(Cl)cc3)nc12. The minimum Gasteiger partial charge on any atom is -0.478 e. The van der Waals surface area contributed by atoms with E-state index < -0.39 is 5.97 Å². The van der Waals surface area contributed by atoms with E-state index in [1.165, 1.54) is 10.5 Å². The lowest BCUT2D eigenvalue weighted by atomic mass is 10.1. The highest BCUT2D eigenvalue weighted by atomic mass is 35.5. The number of halogens is 1. The predicted octanol–water partition coefficient (Wildman–Crippen LogP) is 4.98. The van der Waals surface area contributed by atoms with Crippen molar-refractivity contribution in [1.29, 1.82) is 0 Å². The number of nitrogens with zero attached hydrogens (tertiary/aromatic N) is 3. The molecule has 30 heavy (non-hydrogen) atoms. The van der Waals surface area contributed by atoms with Gasteiger partial charge >= 0.3 is 5.97 Å². The largest absolute Gasteiger partial charge is 0.478 e.